The number of nitrogens with zero attached hydrogens (tertiary/aromatic N) is 2. The molecule has 0 aromatic heterocycles. The molecule has 0 radical (unpaired) electrons. The molecule has 1 N–H and O–H groups in total. The lowest BCUT2D eigenvalue weighted by Crippen LogP contribution is -2.46. The summed E-state index contributed by atoms with van der Waals surface area (Å²) in [5.74, 6) is -1.75. The third-order valence-electron chi connectivity index (χ3n) is 3.67. The van der Waals surface area contributed by atoms with Crippen LogP contribution in [-0.2, 0) is 19.1 Å². The maximum atomic E-state index is 12.1. The highest BCUT2D eigenvalue weighted by molar-refractivity contribution is 9.10. The number of amides is 2. The van der Waals surface area contributed by atoms with Crippen LogP contribution in [0.1, 0.15) is 10.4 Å². The van der Waals surface area contributed by atoms with Crippen LogP contribution < -0.4 is 0 Å². The second-order valence-electron chi connectivity index (χ2n) is 5.48. The summed E-state index contributed by atoms with van der Waals surface area (Å²) in [5.41, 5.74) is -0.0470. The Morgan fingerprint density at radius 1 is 1.32 bits per heavy atom. The SMILES string of the molecule is CN(CC(=O)N1CCOCC1)C(=O)COC(=O)c1cc(Br)ccc1O. The fourth-order valence-corrected chi connectivity index (χ4v) is 2.55. The highest BCUT2D eigenvalue weighted by Gasteiger charge is 2.22. The number of hydrogen-bond acceptors (Lipinski definition) is 6. The second kappa shape index (κ2) is 8.82. The topological polar surface area (TPSA) is 96.4 Å². The van der Waals surface area contributed by atoms with Crippen LogP contribution in [0.25, 0.3) is 0 Å². The molecule has 25 heavy (non-hydrogen) atoms. The molecule has 2 amide bonds. The lowest BCUT2D eigenvalue weighted by Gasteiger charge is -2.28. The molecule has 0 saturated carbocycles. The quantitative estimate of drug-likeness (QED) is 0.709. The van der Waals surface area contributed by atoms with E-state index in [4.69, 9.17) is 9.47 Å². The van der Waals surface area contributed by atoms with Gasteiger partial charge in [-0.25, -0.2) is 4.79 Å². The van der Waals surface area contributed by atoms with Crippen LogP contribution in [0.5, 0.6) is 5.75 Å². The summed E-state index contributed by atoms with van der Waals surface area (Å²) in [5, 5.41) is 9.67. The van der Waals surface area contributed by atoms with Gasteiger partial charge < -0.3 is 24.4 Å². The maximum Gasteiger partial charge on any atom is 0.342 e. The zero-order chi connectivity index (χ0) is 18.4. The molecule has 0 unspecified atom stereocenters. The van der Waals surface area contributed by atoms with Crippen molar-refractivity contribution < 1.29 is 29.0 Å². The molecule has 1 heterocycles. The van der Waals surface area contributed by atoms with E-state index < -0.39 is 18.5 Å². The van der Waals surface area contributed by atoms with E-state index in [1.165, 1.54) is 24.1 Å². The number of carbonyl (C=O) groups is 3. The number of hydrogen-bond donors (Lipinski definition) is 1. The zero-order valence-electron chi connectivity index (χ0n) is 13.7. The number of carbonyl (C=O) groups excluding carboxylic acids is 3. The Morgan fingerprint density at radius 3 is 2.68 bits per heavy atom. The molecule has 2 rings (SSSR count). The van der Waals surface area contributed by atoms with E-state index in [1.807, 2.05) is 0 Å². The molecule has 1 aromatic rings. The van der Waals surface area contributed by atoms with Gasteiger partial charge in [0.2, 0.25) is 5.91 Å². The van der Waals surface area contributed by atoms with Crippen molar-refractivity contribution in [1.82, 2.24) is 9.80 Å². The second-order valence-corrected chi connectivity index (χ2v) is 6.40. The third kappa shape index (κ3) is 5.43. The Bertz CT molecular complexity index is 660. The minimum absolute atomic E-state index is 0.0470. The fourth-order valence-electron chi connectivity index (χ4n) is 2.19. The number of likely N-dealkylation sites (N-methyl/N-ethyl adjacent to an activating group) is 1. The summed E-state index contributed by atoms with van der Waals surface area (Å²) < 4.78 is 10.7. The highest BCUT2D eigenvalue weighted by atomic mass is 79.9. The van der Waals surface area contributed by atoms with Crippen LogP contribution in [0, 0.1) is 0 Å². The van der Waals surface area contributed by atoms with Crippen molar-refractivity contribution in [3.8, 4) is 5.75 Å². The van der Waals surface area contributed by atoms with E-state index in [0.29, 0.717) is 30.8 Å². The smallest absolute Gasteiger partial charge is 0.342 e. The number of halogens is 1. The Morgan fingerprint density at radius 2 is 2.00 bits per heavy atom. The molecule has 1 aliphatic rings. The molecule has 1 aliphatic heterocycles. The van der Waals surface area contributed by atoms with Gasteiger partial charge in [-0.15, -0.1) is 0 Å². The van der Waals surface area contributed by atoms with Gasteiger partial charge in [-0.3, -0.25) is 9.59 Å². The minimum Gasteiger partial charge on any atom is -0.507 e. The van der Waals surface area contributed by atoms with Gasteiger partial charge in [0, 0.05) is 24.6 Å². The Hall–Kier alpha value is -2.13. The van der Waals surface area contributed by atoms with E-state index >= 15 is 0 Å². The molecule has 0 bridgehead atoms. The fraction of sp³-hybridized carbons (Fsp3) is 0.438. The van der Waals surface area contributed by atoms with Gasteiger partial charge in [-0.05, 0) is 18.2 Å². The first-order valence-corrected chi connectivity index (χ1v) is 8.43. The maximum absolute atomic E-state index is 12.1. The van der Waals surface area contributed by atoms with Crippen LogP contribution >= 0.6 is 15.9 Å². The van der Waals surface area contributed by atoms with E-state index in [-0.39, 0.29) is 23.8 Å². The molecule has 0 spiro atoms. The molecular formula is C16H19BrN2O6. The first-order valence-electron chi connectivity index (χ1n) is 7.63. The number of morpholine rings is 1. The number of aromatic hydroxyl groups is 1. The average molecular weight is 415 g/mol. The Kier molecular flexibility index (Phi) is 6.77. The molecule has 0 atom stereocenters. The molecule has 1 aromatic carbocycles. The number of ether oxygens (including phenoxy) is 2. The summed E-state index contributed by atoms with van der Waals surface area (Å²) in [6.45, 7) is 1.35. The molecule has 1 saturated heterocycles. The number of esters is 1. The monoisotopic (exact) mass is 414 g/mol. The van der Waals surface area contributed by atoms with Crippen LogP contribution in [0.2, 0.25) is 0 Å². The van der Waals surface area contributed by atoms with E-state index in [2.05, 4.69) is 15.9 Å². The van der Waals surface area contributed by atoms with Crippen molar-refractivity contribution >= 4 is 33.7 Å². The molecule has 9 heteroatoms. The predicted octanol–water partition coefficient (Wildman–Crippen LogP) is 0.629. The van der Waals surface area contributed by atoms with Crippen molar-refractivity contribution in [2.24, 2.45) is 0 Å². The van der Waals surface area contributed by atoms with Crippen molar-refractivity contribution in [3.05, 3.63) is 28.2 Å². The van der Waals surface area contributed by atoms with Gasteiger partial charge in [0.1, 0.15) is 11.3 Å². The summed E-state index contributed by atoms with van der Waals surface area (Å²) in [6, 6.07) is 4.31. The number of benzene rings is 1. The largest absolute Gasteiger partial charge is 0.507 e. The molecular weight excluding hydrogens is 396 g/mol. The van der Waals surface area contributed by atoms with Crippen molar-refractivity contribution in [1.29, 1.82) is 0 Å². The van der Waals surface area contributed by atoms with Crippen LogP contribution in [0.3, 0.4) is 0 Å². The summed E-state index contributed by atoms with van der Waals surface area (Å²) in [4.78, 5) is 38.9. The average Bonchev–Trinajstić information content (AvgIpc) is 2.62. The molecule has 136 valence electrons. The number of rotatable bonds is 5. The van der Waals surface area contributed by atoms with Crippen molar-refractivity contribution in [2.45, 2.75) is 0 Å². The summed E-state index contributed by atoms with van der Waals surface area (Å²) >= 11 is 3.19. The lowest BCUT2D eigenvalue weighted by atomic mass is 10.2. The normalized spacial score (nSPS) is 14.1. The summed E-state index contributed by atoms with van der Waals surface area (Å²) in [7, 11) is 1.46. The van der Waals surface area contributed by atoms with Crippen molar-refractivity contribution in [2.75, 3.05) is 46.5 Å². The van der Waals surface area contributed by atoms with E-state index in [1.54, 1.807) is 11.0 Å². The number of phenols is 1. The van der Waals surface area contributed by atoms with Gasteiger partial charge >= 0.3 is 5.97 Å². The number of phenolic OH excluding ortho intramolecular Hbond substituents is 1. The first-order chi connectivity index (χ1) is 11.9. The first kappa shape index (κ1) is 19.2. The highest BCUT2D eigenvalue weighted by Crippen LogP contribution is 2.22. The Balaban J connectivity index is 1.83. The standard InChI is InChI=1S/C16H19BrN2O6/c1-18(9-14(21)19-4-6-24-7-5-19)15(22)10-25-16(23)12-8-11(17)2-3-13(12)20/h2-3,8,20H,4-7,9-10H2,1H3. The van der Waals surface area contributed by atoms with Gasteiger partial charge in [0.25, 0.3) is 5.91 Å². The van der Waals surface area contributed by atoms with Gasteiger partial charge in [-0.2, -0.15) is 0 Å². The predicted molar refractivity (Wildman–Crippen MR) is 91.1 cm³/mol. The van der Waals surface area contributed by atoms with E-state index in [0.717, 1.165) is 0 Å². The lowest BCUT2D eigenvalue weighted by molar-refractivity contribution is -0.143. The van der Waals surface area contributed by atoms with Gasteiger partial charge in [0.05, 0.1) is 19.8 Å². The molecule has 1 fully saturated rings. The molecule has 8 nitrogen and oxygen atoms in total. The van der Waals surface area contributed by atoms with Crippen LogP contribution in [0.15, 0.2) is 22.7 Å². The van der Waals surface area contributed by atoms with Gasteiger partial charge in [0.15, 0.2) is 6.61 Å². The minimum atomic E-state index is -0.819. The van der Waals surface area contributed by atoms with Gasteiger partial charge in [-0.1, -0.05) is 15.9 Å². The molecule has 0 aliphatic carbocycles. The van der Waals surface area contributed by atoms with E-state index in [9.17, 15) is 19.5 Å². The third-order valence-corrected chi connectivity index (χ3v) is 4.16. The Labute approximate surface area is 153 Å². The summed E-state index contributed by atoms with van der Waals surface area (Å²) in [6.07, 6.45) is 0. The zero-order valence-corrected chi connectivity index (χ0v) is 15.3. The van der Waals surface area contributed by atoms with Crippen LogP contribution in [0.4, 0.5) is 0 Å². The van der Waals surface area contributed by atoms with Crippen molar-refractivity contribution in [3.63, 3.8) is 0 Å². The van der Waals surface area contributed by atoms with Crippen LogP contribution in [-0.4, -0.2) is 79.2 Å².